The summed E-state index contributed by atoms with van der Waals surface area (Å²) in [6, 6.07) is 12.8. The van der Waals surface area contributed by atoms with Gasteiger partial charge in [-0.1, -0.05) is 30.3 Å². The Balaban J connectivity index is 1.74. The monoisotopic (exact) mass is 398 g/mol. The molecule has 2 N–H and O–H groups in total. The Morgan fingerprint density at radius 3 is 2.76 bits per heavy atom. The summed E-state index contributed by atoms with van der Waals surface area (Å²) >= 11 is 2.05. The molecule has 1 aromatic heterocycles. The Morgan fingerprint density at radius 2 is 2.10 bits per heavy atom. The van der Waals surface area contributed by atoms with Crippen LogP contribution in [0.3, 0.4) is 0 Å². The summed E-state index contributed by atoms with van der Waals surface area (Å²) in [6.45, 7) is 0. The number of hydrogen-bond donors (Lipinski definition) is 2. The van der Waals surface area contributed by atoms with Crippen LogP contribution in [0.25, 0.3) is 0 Å². The fraction of sp³-hybridized carbons (Fsp3) is 0.200. The summed E-state index contributed by atoms with van der Waals surface area (Å²) in [5.74, 6) is 0.325. The number of carbonyl (C=O) groups is 1. The van der Waals surface area contributed by atoms with E-state index in [0.29, 0.717) is 12.2 Å². The van der Waals surface area contributed by atoms with Crippen LogP contribution in [0.2, 0.25) is 0 Å². The number of amides is 1. The first-order chi connectivity index (χ1) is 10.1. The zero-order chi connectivity index (χ0) is 15.1. The fourth-order valence-corrected chi connectivity index (χ4v) is 2.17. The second-order valence-corrected chi connectivity index (χ2v) is 5.46. The molecule has 2 aromatic rings. The van der Waals surface area contributed by atoms with Crippen molar-refractivity contribution in [3.63, 3.8) is 0 Å². The van der Waals surface area contributed by atoms with Crippen molar-refractivity contribution in [3.8, 4) is 0 Å². The first kappa shape index (κ1) is 15.7. The summed E-state index contributed by atoms with van der Waals surface area (Å²) in [5, 5.41) is 13.7. The van der Waals surface area contributed by atoms with Crippen LogP contribution < -0.4 is 5.43 Å². The number of nitrogens with one attached hydrogen (secondary N) is 1. The Morgan fingerprint density at radius 1 is 1.33 bits per heavy atom. The lowest BCUT2D eigenvalue weighted by atomic mass is 10.1. The molecule has 1 amide bonds. The van der Waals surface area contributed by atoms with E-state index in [2.05, 4.69) is 10.5 Å². The van der Waals surface area contributed by atoms with Gasteiger partial charge in [0, 0.05) is 6.42 Å². The Bertz CT molecular complexity index is 610. The van der Waals surface area contributed by atoms with Gasteiger partial charge in [-0.2, -0.15) is 5.10 Å². The average molecular weight is 398 g/mol. The molecule has 1 heterocycles. The summed E-state index contributed by atoms with van der Waals surface area (Å²) in [7, 11) is 0. The number of halogens is 1. The molecule has 2 rings (SSSR count). The molecule has 0 aliphatic carbocycles. The molecular weight excluding hydrogens is 383 g/mol. The molecule has 5 nitrogen and oxygen atoms in total. The molecule has 0 saturated carbocycles. The summed E-state index contributed by atoms with van der Waals surface area (Å²) in [4.78, 5) is 11.6. The van der Waals surface area contributed by atoms with Gasteiger partial charge in [-0.05, 0) is 46.7 Å². The smallest absolute Gasteiger partial charge is 0.240 e. The van der Waals surface area contributed by atoms with Gasteiger partial charge in [-0.15, -0.1) is 0 Å². The second-order valence-electron chi connectivity index (χ2n) is 4.40. The number of hydrazone groups is 1. The van der Waals surface area contributed by atoms with Gasteiger partial charge in [0.25, 0.3) is 0 Å². The van der Waals surface area contributed by atoms with Crippen LogP contribution in [0.1, 0.15) is 30.3 Å². The number of benzene rings is 1. The van der Waals surface area contributed by atoms with Gasteiger partial charge in [0.2, 0.25) is 5.91 Å². The molecule has 0 bridgehead atoms. The SMILES string of the molecule is O=C(CC[C@@H](O)c1ccccc1)N/N=C\c1ccc(I)o1. The third-order valence-electron chi connectivity index (χ3n) is 2.80. The van der Waals surface area contributed by atoms with E-state index in [9.17, 15) is 9.90 Å². The van der Waals surface area contributed by atoms with Crippen molar-refractivity contribution < 1.29 is 14.3 Å². The third-order valence-corrected chi connectivity index (χ3v) is 3.38. The highest BCUT2D eigenvalue weighted by atomic mass is 127. The molecule has 110 valence electrons. The van der Waals surface area contributed by atoms with Crippen LogP contribution in [0, 0.1) is 3.77 Å². The second kappa shape index (κ2) is 7.94. The average Bonchev–Trinajstić information content (AvgIpc) is 2.91. The van der Waals surface area contributed by atoms with Crippen LogP contribution >= 0.6 is 22.6 Å². The van der Waals surface area contributed by atoms with Crippen LogP contribution in [-0.2, 0) is 4.79 Å². The molecule has 0 unspecified atom stereocenters. The summed E-state index contributed by atoms with van der Waals surface area (Å²) < 4.78 is 6.02. The molecule has 0 fully saturated rings. The number of carbonyl (C=O) groups excluding carboxylic acids is 1. The van der Waals surface area contributed by atoms with Crippen molar-refractivity contribution in [3.05, 3.63) is 57.6 Å². The minimum Gasteiger partial charge on any atom is -0.449 e. The number of furan rings is 1. The molecule has 0 aliphatic heterocycles. The zero-order valence-corrected chi connectivity index (χ0v) is 13.4. The number of rotatable bonds is 6. The van der Waals surface area contributed by atoms with Gasteiger partial charge in [-0.3, -0.25) is 4.79 Å². The van der Waals surface area contributed by atoms with Gasteiger partial charge in [0.15, 0.2) is 3.77 Å². The molecular formula is C15H15IN2O3. The van der Waals surface area contributed by atoms with E-state index in [1.54, 1.807) is 12.1 Å². The van der Waals surface area contributed by atoms with Crippen molar-refractivity contribution >= 4 is 34.7 Å². The highest BCUT2D eigenvalue weighted by Crippen LogP contribution is 2.17. The molecule has 1 atom stereocenters. The summed E-state index contributed by atoms with van der Waals surface area (Å²) in [5.41, 5.74) is 3.21. The maximum absolute atomic E-state index is 11.6. The van der Waals surface area contributed by atoms with E-state index in [4.69, 9.17) is 4.42 Å². The van der Waals surface area contributed by atoms with Gasteiger partial charge in [0.05, 0.1) is 12.3 Å². The number of aliphatic hydroxyl groups excluding tert-OH is 1. The van der Waals surface area contributed by atoms with Crippen LogP contribution in [0.15, 0.2) is 52.0 Å². The first-order valence-electron chi connectivity index (χ1n) is 6.45. The minimum atomic E-state index is -0.646. The molecule has 6 heteroatoms. The lowest BCUT2D eigenvalue weighted by Gasteiger charge is -2.09. The predicted octanol–water partition coefficient (Wildman–Crippen LogP) is 2.85. The van der Waals surface area contributed by atoms with E-state index < -0.39 is 6.10 Å². The third kappa shape index (κ3) is 5.31. The zero-order valence-electron chi connectivity index (χ0n) is 11.2. The number of hydrogen-bond acceptors (Lipinski definition) is 4. The fourth-order valence-electron chi connectivity index (χ4n) is 1.73. The number of aliphatic hydroxyl groups is 1. The van der Waals surface area contributed by atoms with Crippen LogP contribution in [0.5, 0.6) is 0 Å². The maximum Gasteiger partial charge on any atom is 0.240 e. The van der Waals surface area contributed by atoms with Crippen molar-refractivity contribution in [1.29, 1.82) is 0 Å². The standard InChI is InChI=1S/C15H15IN2O3/c16-14-8-6-12(21-14)10-17-18-15(20)9-7-13(19)11-4-2-1-3-5-11/h1-6,8,10,13,19H,7,9H2,(H,18,20)/b17-10-/t13-/m1/s1. The largest absolute Gasteiger partial charge is 0.449 e. The Kier molecular flexibility index (Phi) is 5.94. The number of nitrogens with zero attached hydrogens (tertiary/aromatic N) is 1. The molecule has 0 aliphatic rings. The topological polar surface area (TPSA) is 74.8 Å². The molecule has 0 spiro atoms. The molecule has 1 aromatic carbocycles. The summed E-state index contributed by atoms with van der Waals surface area (Å²) in [6.07, 6.45) is 1.34. The van der Waals surface area contributed by atoms with Crippen LogP contribution in [-0.4, -0.2) is 17.2 Å². The van der Waals surface area contributed by atoms with Gasteiger partial charge >= 0.3 is 0 Å². The molecule has 21 heavy (non-hydrogen) atoms. The van der Waals surface area contributed by atoms with E-state index >= 15 is 0 Å². The predicted molar refractivity (Wildman–Crippen MR) is 87.8 cm³/mol. The lowest BCUT2D eigenvalue weighted by molar-refractivity contribution is -0.121. The van der Waals surface area contributed by atoms with Crippen molar-refractivity contribution in [2.24, 2.45) is 5.10 Å². The molecule has 0 saturated heterocycles. The van der Waals surface area contributed by atoms with E-state index in [1.807, 2.05) is 52.9 Å². The van der Waals surface area contributed by atoms with Gasteiger partial charge in [0.1, 0.15) is 5.76 Å². The highest BCUT2D eigenvalue weighted by molar-refractivity contribution is 14.1. The van der Waals surface area contributed by atoms with Crippen molar-refractivity contribution in [1.82, 2.24) is 5.43 Å². The normalized spacial score (nSPS) is 12.5. The van der Waals surface area contributed by atoms with Crippen molar-refractivity contribution in [2.45, 2.75) is 18.9 Å². The lowest BCUT2D eigenvalue weighted by Crippen LogP contribution is -2.18. The quantitative estimate of drug-likeness (QED) is 0.447. The highest BCUT2D eigenvalue weighted by Gasteiger charge is 2.09. The van der Waals surface area contributed by atoms with Crippen LogP contribution in [0.4, 0.5) is 0 Å². The first-order valence-corrected chi connectivity index (χ1v) is 7.53. The Labute approximate surface area is 136 Å². The minimum absolute atomic E-state index is 0.198. The molecule has 0 radical (unpaired) electrons. The van der Waals surface area contributed by atoms with E-state index in [1.165, 1.54) is 6.21 Å². The van der Waals surface area contributed by atoms with E-state index in [0.717, 1.165) is 9.33 Å². The Hall–Kier alpha value is -1.67. The van der Waals surface area contributed by atoms with Crippen molar-refractivity contribution in [2.75, 3.05) is 0 Å². The van der Waals surface area contributed by atoms with Gasteiger partial charge in [-0.25, -0.2) is 5.43 Å². The maximum atomic E-state index is 11.6. The van der Waals surface area contributed by atoms with E-state index in [-0.39, 0.29) is 12.3 Å². The van der Waals surface area contributed by atoms with Gasteiger partial charge < -0.3 is 9.52 Å².